The molecule has 0 aliphatic carbocycles. The Morgan fingerprint density at radius 1 is 1.10 bits per heavy atom. The number of rotatable bonds is 9. The predicted octanol–water partition coefficient (Wildman–Crippen LogP) is 3.02. The molecule has 39 heavy (non-hydrogen) atoms. The Morgan fingerprint density at radius 2 is 1.85 bits per heavy atom. The van der Waals surface area contributed by atoms with Gasteiger partial charge in [0.25, 0.3) is 17.7 Å². The molecule has 1 fully saturated rings. The van der Waals surface area contributed by atoms with Crippen LogP contribution in [0, 0.1) is 6.92 Å². The number of hydrogen-bond donors (Lipinski definition) is 4. The molecule has 0 saturated carbocycles. The van der Waals surface area contributed by atoms with E-state index in [1.807, 2.05) is 5.38 Å². The first-order valence-electron chi connectivity index (χ1n) is 12.4. The molecule has 1 saturated heterocycles. The van der Waals surface area contributed by atoms with Crippen LogP contribution in [0.4, 0.5) is 8.78 Å². The SMILES string of the molecule is Cc1c(O)cccc1C(=O)N[C@@H](Cc1ccccc1)[C@H](O)C(=O)N1CC(F)(F)C[C@H]1C(=O)NCc1cccs1. The minimum absolute atomic E-state index is 0.0107. The van der Waals surface area contributed by atoms with Gasteiger partial charge >= 0.3 is 0 Å². The number of likely N-dealkylation sites (tertiary alicyclic amines) is 1. The van der Waals surface area contributed by atoms with Crippen molar-refractivity contribution in [3.05, 3.63) is 87.6 Å². The van der Waals surface area contributed by atoms with Gasteiger partial charge in [0.2, 0.25) is 5.91 Å². The minimum Gasteiger partial charge on any atom is -0.508 e. The van der Waals surface area contributed by atoms with Gasteiger partial charge in [-0.3, -0.25) is 14.4 Å². The number of halogens is 2. The second kappa shape index (κ2) is 11.9. The van der Waals surface area contributed by atoms with Crippen LogP contribution in [0.15, 0.2) is 66.0 Å². The number of aliphatic hydroxyl groups excluding tert-OH is 1. The summed E-state index contributed by atoms with van der Waals surface area (Å²) in [5.74, 6) is -5.92. The van der Waals surface area contributed by atoms with Crippen molar-refractivity contribution < 1.29 is 33.4 Å². The Bertz CT molecular complexity index is 1320. The van der Waals surface area contributed by atoms with E-state index >= 15 is 0 Å². The van der Waals surface area contributed by atoms with Crippen LogP contribution in [0.1, 0.15) is 32.8 Å². The zero-order chi connectivity index (χ0) is 28.2. The van der Waals surface area contributed by atoms with Gasteiger partial charge in [-0.25, -0.2) is 8.78 Å². The Morgan fingerprint density at radius 3 is 2.54 bits per heavy atom. The number of nitrogens with zero attached hydrogens (tertiary/aromatic N) is 1. The smallest absolute Gasteiger partial charge is 0.267 e. The lowest BCUT2D eigenvalue weighted by atomic mass is 9.98. The summed E-state index contributed by atoms with van der Waals surface area (Å²) in [6.45, 7) is 0.639. The molecular weight excluding hydrogens is 528 g/mol. The number of nitrogens with one attached hydrogen (secondary N) is 2. The molecule has 1 aromatic heterocycles. The lowest BCUT2D eigenvalue weighted by Crippen LogP contribution is -2.55. The van der Waals surface area contributed by atoms with Gasteiger partial charge in [0.1, 0.15) is 11.8 Å². The molecule has 4 rings (SSSR count). The molecule has 8 nitrogen and oxygen atoms in total. The highest BCUT2D eigenvalue weighted by Crippen LogP contribution is 2.33. The van der Waals surface area contributed by atoms with Crippen LogP contribution in [0.5, 0.6) is 5.75 Å². The Hall–Kier alpha value is -3.83. The fourth-order valence-corrected chi connectivity index (χ4v) is 5.20. The number of aliphatic hydroxyl groups is 1. The van der Waals surface area contributed by atoms with E-state index in [1.54, 1.807) is 49.4 Å². The van der Waals surface area contributed by atoms with Crippen molar-refractivity contribution in [2.45, 2.75) is 50.4 Å². The lowest BCUT2D eigenvalue weighted by Gasteiger charge is -2.30. The summed E-state index contributed by atoms with van der Waals surface area (Å²) in [6.07, 6.45) is -2.79. The summed E-state index contributed by atoms with van der Waals surface area (Å²) in [5.41, 5.74) is 1.11. The van der Waals surface area contributed by atoms with E-state index in [9.17, 15) is 33.4 Å². The van der Waals surface area contributed by atoms with E-state index in [-0.39, 0.29) is 24.3 Å². The zero-order valence-electron chi connectivity index (χ0n) is 21.1. The van der Waals surface area contributed by atoms with E-state index in [1.165, 1.54) is 29.5 Å². The van der Waals surface area contributed by atoms with Crippen molar-refractivity contribution in [2.24, 2.45) is 0 Å². The Balaban J connectivity index is 1.55. The van der Waals surface area contributed by atoms with Crippen molar-refractivity contribution in [3.8, 4) is 5.75 Å². The number of benzene rings is 2. The summed E-state index contributed by atoms with van der Waals surface area (Å²) in [5, 5.41) is 28.2. The maximum absolute atomic E-state index is 14.5. The van der Waals surface area contributed by atoms with Crippen LogP contribution in [0.3, 0.4) is 0 Å². The van der Waals surface area contributed by atoms with Crippen LogP contribution in [-0.4, -0.2) is 63.5 Å². The number of aromatic hydroxyl groups is 1. The van der Waals surface area contributed by atoms with E-state index in [0.29, 0.717) is 16.0 Å². The zero-order valence-corrected chi connectivity index (χ0v) is 22.0. The molecule has 3 amide bonds. The average molecular weight is 558 g/mol. The van der Waals surface area contributed by atoms with E-state index in [0.717, 1.165) is 4.88 Å². The first-order chi connectivity index (χ1) is 18.6. The molecule has 4 N–H and O–H groups in total. The van der Waals surface area contributed by atoms with Gasteiger partial charge in [-0.1, -0.05) is 42.5 Å². The maximum Gasteiger partial charge on any atom is 0.267 e. The van der Waals surface area contributed by atoms with Gasteiger partial charge in [0.05, 0.1) is 19.1 Å². The number of phenolic OH excluding ortho intramolecular Hbond substituents is 1. The van der Waals surface area contributed by atoms with Gasteiger partial charge in [-0.15, -0.1) is 11.3 Å². The minimum atomic E-state index is -3.32. The quantitative estimate of drug-likeness (QED) is 0.323. The van der Waals surface area contributed by atoms with Crippen molar-refractivity contribution in [1.29, 1.82) is 0 Å². The molecule has 206 valence electrons. The second-order valence-electron chi connectivity index (χ2n) is 9.50. The fourth-order valence-electron chi connectivity index (χ4n) is 4.56. The fraction of sp³-hybridized carbons (Fsp3) is 0.321. The van der Waals surface area contributed by atoms with Gasteiger partial charge in [0.15, 0.2) is 6.10 Å². The molecule has 0 radical (unpaired) electrons. The number of carbonyl (C=O) groups excluding carboxylic acids is 3. The van der Waals surface area contributed by atoms with Gasteiger partial charge < -0.3 is 25.7 Å². The van der Waals surface area contributed by atoms with Crippen LogP contribution in [-0.2, 0) is 22.6 Å². The number of hydrogen-bond acceptors (Lipinski definition) is 6. The molecule has 0 spiro atoms. The van der Waals surface area contributed by atoms with Crippen molar-refractivity contribution in [3.63, 3.8) is 0 Å². The second-order valence-corrected chi connectivity index (χ2v) is 10.5. The summed E-state index contributed by atoms with van der Waals surface area (Å²) in [6, 6.07) is 14.0. The highest BCUT2D eigenvalue weighted by Gasteiger charge is 2.51. The summed E-state index contributed by atoms with van der Waals surface area (Å²) in [4.78, 5) is 40.9. The molecule has 11 heteroatoms. The largest absolute Gasteiger partial charge is 0.508 e. The highest BCUT2D eigenvalue weighted by atomic mass is 32.1. The maximum atomic E-state index is 14.5. The van der Waals surface area contributed by atoms with Gasteiger partial charge in [-0.05, 0) is 42.5 Å². The van der Waals surface area contributed by atoms with Crippen molar-refractivity contribution >= 4 is 29.1 Å². The first-order valence-corrected chi connectivity index (χ1v) is 13.2. The Labute approximate surface area is 228 Å². The standard InChI is InChI=1S/C28H29F2N3O5S/c1-17-20(10-5-11-23(17)34)25(36)32-21(13-18-7-3-2-4-8-18)24(35)27(38)33-16-28(29,30)14-22(33)26(37)31-15-19-9-6-12-39-19/h2-12,21-22,24,34-35H,13-16H2,1H3,(H,31,37)(H,32,36)/t21-,22-,24-/m0/s1. The molecule has 0 unspecified atom stereocenters. The summed E-state index contributed by atoms with van der Waals surface area (Å²) in [7, 11) is 0. The lowest BCUT2D eigenvalue weighted by molar-refractivity contribution is -0.147. The molecular formula is C28H29F2N3O5S. The number of alkyl halides is 2. The third-order valence-electron chi connectivity index (χ3n) is 6.67. The average Bonchev–Trinajstić information content (AvgIpc) is 3.55. The molecule has 3 atom stereocenters. The monoisotopic (exact) mass is 557 g/mol. The third kappa shape index (κ3) is 6.79. The summed E-state index contributed by atoms with van der Waals surface area (Å²) >= 11 is 1.39. The third-order valence-corrected chi connectivity index (χ3v) is 7.55. The topological polar surface area (TPSA) is 119 Å². The highest BCUT2D eigenvalue weighted by molar-refractivity contribution is 7.09. The van der Waals surface area contributed by atoms with Crippen molar-refractivity contribution in [2.75, 3.05) is 6.54 Å². The molecule has 1 aliphatic heterocycles. The predicted molar refractivity (Wildman–Crippen MR) is 141 cm³/mol. The number of carbonyl (C=O) groups is 3. The normalized spacial score (nSPS) is 17.8. The van der Waals surface area contributed by atoms with Crippen LogP contribution >= 0.6 is 11.3 Å². The molecule has 2 aromatic carbocycles. The molecule has 0 bridgehead atoms. The van der Waals surface area contributed by atoms with Crippen LogP contribution < -0.4 is 10.6 Å². The molecule has 1 aliphatic rings. The molecule has 2 heterocycles. The van der Waals surface area contributed by atoms with E-state index < -0.39 is 54.8 Å². The van der Waals surface area contributed by atoms with Gasteiger partial charge in [0, 0.05) is 22.4 Å². The van der Waals surface area contributed by atoms with Crippen LogP contribution in [0.25, 0.3) is 0 Å². The van der Waals surface area contributed by atoms with Crippen LogP contribution in [0.2, 0.25) is 0 Å². The number of amides is 3. The van der Waals surface area contributed by atoms with E-state index in [4.69, 9.17) is 0 Å². The number of thiophene rings is 1. The van der Waals surface area contributed by atoms with Gasteiger partial charge in [-0.2, -0.15) is 0 Å². The number of phenols is 1. The molecule has 3 aromatic rings. The summed E-state index contributed by atoms with van der Waals surface area (Å²) < 4.78 is 28.9. The first kappa shape index (κ1) is 28.2. The van der Waals surface area contributed by atoms with Crippen molar-refractivity contribution in [1.82, 2.24) is 15.5 Å². The Kier molecular flexibility index (Phi) is 8.61. The van der Waals surface area contributed by atoms with E-state index in [2.05, 4.69) is 10.6 Å².